The Labute approximate surface area is 108 Å². The molecular formula is C12H22N4O2. The number of ether oxygens (including phenoxy) is 2. The summed E-state index contributed by atoms with van der Waals surface area (Å²) in [7, 11) is 3.70. The molecule has 1 N–H and O–H groups in total. The van der Waals surface area contributed by atoms with Gasteiger partial charge in [-0.2, -0.15) is 0 Å². The summed E-state index contributed by atoms with van der Waals surface area (Å²) in [5.74, 6) is 0.997. The van der Waals surface area contributed by atoms with E-state index in [1.807, 2.05) is 18.5 Å². The highest BCUT2D eigenvalue weighted by molar-refractivity contribution is 4.97. The van der Waals surface area contributed by atoms with Crippen LogP contribution in [0, 0.1) is 0 Å². The Kier molecular flexibility index (Phi) is 4.68. The maximum Gasteiger partial charge on any atom is 0.133 e. The second kappa shape index (κ2) is 6.26. The van der Waals surface area contributed by atoms with Gasteiger partial charge in [-0.25, -0.2) is 0 Å². The van der Waals surface area contributed by atoms with Crippen LogP contribution in [0.4, 0.5) is 0 Å². The van der Waals surface area contributed by atoms with E-state index in [0.717, 1.165) is 31.8 Å². The minimum absolute atomic E-state index is 0.171. The van der Waals surface area contributed by atoms with Gasteiger partial charge in [0.05, 0.1) is 12.2 Å². The molecule has 0 aliphatic heterocycles. The van der Waals surface area contributed by atoms with Crippen molar-refractivity contribution in [3.63, 3.8) is 0 Å². The van der Waals surface area contributed by atoms with Gasteiger partial charge in [0.2, 0.25) is 0 Å². The molecule has 6 heteroatoms. The van der Waals surface area contributed by atoms with E-state index < -0.39 is 0 Å². The van der Waals surface area contributed by atoms with E-state index in [0.29, 0.717) is 6.04 Å². The SMILES string of the molecule is CCOC1CC(NCCc2nncn2C)C1OC. The molecular weight excluding hydrogens is 232 g/mol. The summed E-state index contributed by atoms with van der Waals surface area (Å²) in [6, 6.07) is 0.389. The molecule has 0 saturated heterocycles. The predicted molar refractivity (Wildman–Crippen MR) is 67.3 cm³/mol. The summed E-state index contributed by atoms with van der Waals surface area (Å²) >= 11 is 0. The molecule has 2 rings (SSSR count). The lowest BCUT2D eigenvalue weighted by atomic mass is 9.85. The van der Waals surface area contributed by atoms with Crippen LogP contribution < -0.4 is 5.32 Å². The first-order valence-electron chi connectivity index (χ1n) is 6.47. The van der Waals surface area contributed by atoms with Crippen molar-refractivity contribution in [1.29, 1.82) is 0 Å². The van der Waals surface area contributed by atoms with Crippen LogP contribution >= 0.6 is 0 Å². The Balaban J connectivity index is 1.70. The summed E-state index contributed by atoms with van der Waals surface area (Å²) in [6.07, 6.45) is 4.03. The van der Waals surface area contributed by atoms with Crippen molar-refractivity contribution in [3.8, 4) is 0 Å². The molecule has 3 atom stereocenters. The fourth-order valence-electron chi connectivity index (χ4n) is 2.38. The number of nitrogens with zero attached hydrogens (tertiary/aromatic N) is 3. The van der Waals surface area contributed by atoms with E-state index in [4.69, 9.17) is 9.47 Å². The fraction of sp³-hybridized carbons (Fsp3) is 0.833. The first kappa shape index (κ1) is 13.5. The highest BCUT2D eigenvalue weighted by Crippen LogP contribution is 2.26. The molecule has 18 heavy (non-hydrogen) atoms. The van der Waals surface area contributed by atoms with Gasteiger partial charge < -0.3 is 19.4 Å². The van der Waals surface area contributed by atoms with Crippen LogP contribution in [0.1, 0.15) is 19.2 Å². The second-order valence-electron chi connectivity index (χ2n) is 4.60. The molecule has 1 heterocycles. The lowest BCUT2D eigenvalue weighted by molar-refractivity contribution is -0.131. The van der Waals surface area contributed by atoms with Crippen molar-refractivity contribution in [2.45, 2.75) is 38.0 Å². The fourth-order valence-corrected chi connectivity index (χ4v) is 2.38. The number of aromatic nitrogens is 3. The molecule has 1 aromatic rings. The van der Waals surface area contributed by atoms with E-state index >= 15 is 0 Å². The minimum Gasteiger partial charge on any atom is -0.377 e. The van der Waals surface area contributed by atoms with Gasteiger partial charge in [0, 0.05) is 39.8 Å². The highest BCUT2D eigenvalue weighted by Gasteiger charge is 2.41. The van der Waals surface area contributed by atoms with Crippen molar-refractivity contribution >= 4 is 0 Å². The van der Waals surface area contributed by atoms with Gasteiger partial charge in [-0.3, -0.25) is 0 Å². The number of rotatable bonds is 7. The van der Waals surface area contributed by atoms with Crippen LogP contribution in [0.2, 0.25) is 0 Å². The van der Waals surface area contributed by atoms with Crippen LogP contribution in [0.3, 0.4) is 0 Å². The van der Waals surface area contributed by atoms with Gasteiger partial charge in [-0.1, -0.05) is 0 Å². The standard InChI is InChI=1S/C12H22N4O2/c1-4-18-10-7-9(12(10)17-3)13-6-5-11-15-14-8-16(11)2/h8-10,12-13H,4-7H2,1-3H3. The Bertz CT molecular complexity index is 369. The first-order chi connectivity index (χ1) is 8.76. The molecule has 1 aliphatic rings. The van der Waals surface area contributed by atoms with Gasteiger partial charge in [0.15, 0.2) is 0 Å². The average Bonchev–Trinajstić information content (AvgIpc) is 2.73. The van der Waals surface area contributed by atoms with Crippen LogP contribution in [0.5, 0.6) is 0 Å². The molecule has 0 bridgehead atoms. The number of hydrogen-bond donors (Lipinski definition) is 1. The molecule has 6 nitrogen and oxygen atoms in total. The summed E-state index contributed by atoms with van der Waals surface area (Å²) < 4.78 is 13.0. The van der Waals surface area contributed by atoms with E-state index in [1.165, 1.54) is 0 Å². The summed E-state index contributed by atoms with van der Waals surface area (Å²) in [5.41, 5.74) is 0. The van der Waals surface area contributed by atoms with Gasteiger partial charge in [0.25, 0.3) is 0 Å². The Morgan fingerprint density at radius 2 is 2.39 bits per heavy atom. The first-order valence-corrected chi connectivity index (χ1v) is 6.47. The van der Waals surface area contributed by atoms with E-state index in [9.17, 15) is 0 Å². The topological polar surface area (TPSA) is 61.2 Å². The maximum atomic E-state index is 5.59. The molecule has 0 spiro atoms. The van der Waals surface area contributed by atoms with Gasteiger partial charge >= 0.3 is 0 Å². The molecule has 0 aromatic carbocycles. The molecule has 102 valence electrons. The third-order valence-electron chi connectivity index (χ3n) is 3.46. The molecule has 0 amide bonds. The second-order valence-corrected chi connectivity index (χ2v) is 4.60. The summed E-state index contributed by atoms with van der Waals surface area (Å²) in [6.45, 7) is 3.65. The zero-order valence-electron chi connectivity index (χ0n) is 11.3. The van der Waals surface area contributed by atoms with Crippen molar-refractivity contribution < 1.29 is 9.47 Å². The highest BCUT2D eigenvalue weighted by atomic mass is 16.5. The summed E-state index contributed by atoms with van der Waals surface area (Å²) in [4.78, 5) is 0. The van der Waals surface area contributed by atoms with Crippen molar-refractivity contribution in [2.24, 2.45) is 7.05 Å². The third kappa shape index (κ3) is 2.88. The van der Waals surface area contributed by atoms with Crippen LogP contribution in [0.15, 0.2) is 6.33 Å². The van der Waals surface area contributed by atoms with Crippen LogP contribution in [-0.4, -0.2) is 53.3 Å². The smallest absolute Gasteiger partial charge is 0.133 e. The molecule has 1 saturated carbocycles. The number of methoxy groups -OCH3 is 1. The normalized spacial score (nSPS) is 27.2. The van der Waals surface area contributed by atoms with E-state index in [1.54, 1.807) is 13.4 Å². The minimum atomic E-state index is 0.171. The number of nitrogens with one attached hydrogen (secondary N) is 1. The zero-order valence-corrected chi connectivity index (χ0v) is 11.3. The number of aryl methyl sites for hydroxylation is 1. The monoisotopic (exact) mass is 254 g/mol. The zero-order chi connectivity index (χ0) is 13.0. The lowest BCUT2D eigenvalue weighted by Crippen LogP contribution is -2.60. The average molecular weight is 254 g/mol. The van der Waals surface area contributed by atoms with E-state index in [2.05, 4.69) is 15.5 Å². The van der Waals surface area contributed by atoms with E-state index in [-0.39, 0.29) is 12.2 Å². The molecule has 1 aliphatic carbocycles. The third-order valence-corrected chi connectivity index (χ3v) is 3.46. The Hall–Kier alpha value is -0.980. The summed E-state index contributed by atoms with van der Waals surface area (Å²) in [5, 5.41) is 11.4. The largest absolute Gasteiger partial charge is 0.377 e. The molecule has 3 unspecified atom stereocenters. The van der Waals surface area contributed by atoms with Gasteiger partial charge in [0.1, 0.15) is 12.2 Å². The Morgan fingerprint density at radius 1 is 1.56 bits per heavy atom. The van der Waals surface area contributed by atoms with Crippen molar-refractivity contribution in [2.75, 3.05) is 20.3 Å². The molecule has 0 radical (unpaired) electrons. The maximum absolute atomic E-state index is 5.59. The number of hydrogen-bond acceptors (Lipinski definition) is 5. The van der Waals surface area contributed by atoms with Gasteiger partial charge in [-0.05, 0) is 13.3 Å². The quantitative estimate of drug-likeness (QED) is 0.750. The van der Waals surface area contributed by atoms with Crippen molar-refractivity contribution in [3.05, 3.63) is 12.2 Å². The van der Waals surface area contributed by atoms with Crippen molar-refractivity contribution in [1.82, 2.24) is 20.1 Å². The van der Waals surface area contributed by atoms with Gasteiger partial charge in [-0.15, -0.1) is 10.2 Å². The van der Waals surface area contributed by atoms with Crippen LogP contribution in [-0.2, 0) is 22.9 Å². The van der Waals surface area contributed by atoms with Crippen LogP contribution in [0.25, 0.3) is 0 Å². The lowest BCUT2D eigenvalue weighted by Gasteiger charge is -2.43. The molecule has 1 aromatic heterocycles. The Morgan fingerprint density at radius 3 is 3.00 bits per heavy atom. The predicted octanol–water partition coefficient (Wildman–Crippen LogP) is 0.140. The molecule has 1 fully saturated rings.